The van der Waals surface area contributed by atoms with Crippen LogP contribution < -0.4 is 4.74 Å². The molecule has 0 unspecified atom stereocenters. The first-order valence-electron chi connectivity index (χ1n) is 5.25. The maximum absolute atomic E-state index is 13.2. The summed E-state index contributed by atoms with van der Waals surface area (Å²) in [4.78, 5) is 8.36. The molecule has 19 heavy (non-hydrogen) atoms. The van der Waals surface area contributed by atoms with Crippen molar-refractivity contribution in [3.05, 3.63) is 51.7 Å². The van der Waals surface area contributed by atoms with Crippen LogP contribution in [-0.4, -0.2) is 14.4 Å². The van der Waals surface area contributed by atoms with Gasteiger partial charge in [-0.15, -0.1) is 0 Å². The van der Waals surface area contributed by atoms with Crippen molar-refractivity contribution >= 4 is 37.5 Å². The van der Waals surface area contributed by atoms with Gasteiger partial charge in [0.2, 0.25) is 5.65 Å². The molecule has 0 amide bonds. The number of ether oxygens (including phenoxy) is 1. The number of fused-ring (bicyclic) bond motifs is 1. The average Bonchev–Trinajstić information content (AvgIpc) is 2.82. The van der Waals surface area contributed by atoms with E-state index in [1.165, 1.54) is 12.1 Å². The van der Waals surface area contributed by atoms with Crippen LogP contribution in [0.5, 0.6) is 11.6 Å². The molecule has 0 saturated carbocycles. The molecule has 2 heterocycles. The van der Waals surface area contributed by atoms with Crippen LogP contribution in [0.4, 0.5) is 4.39 Å². The molecule has 0 N–H and O–H groups in total. The summed E-state index contributed by atoms with van der Waals surface area (Å²) in [5.74, 6) is 0.258. The van der Waals surface area contributed by atoms with Crippen molar-refractivity contribution in [3.63, 3.8) is 0 Å². The number of nitrogens with zero attached hydrogens (tertiary/aromatic N) is 3. The lowest BCUT2D eigenvalue weighted by atomic mass is 10.3. The van der Waals surface area contributed by atoms with Gasteiger partial charge in [-0.1, -0.05) is 0 Å². The third-order valence-corrected chi connectivity index (χ3v) is 3.45. The van der Waals surface area contributed by atoms with Crippen LogP contribution >= 0.6 is 31.9 Å². The molecular weight excluding hydrogens is 381 g/mol. The molecule has 1 aromatic carbocycles. The van der Waals surface area contributed by atoms with Crippen LogP contribution in [0.25, 0.3) is 5.65 Å². The zero-order chi connectivity index (χ0) is 13.4. The number of hydrogen-bond acceptors (Lipinski definition) is 3. The zero-order valence-electron chi connectivity index (χ0n) is 9.35. The number of rotatable bonds is 2. The Morgan fingerprint density at radius 1 is 1.26 bits per heavy atom. The van der Waals surface area contributed by atoms with Crippen molar-refractivity contribution in [3.8, 4) is 11.6 Å². The highest BCUT2D eigenvalue weighted by molar-refractivity contribution is 9.10. The molecule has 3 rings (SSSR count). The molecule has 0 bridgehead atoms. The molecular formula is C12H6Br2FN3O. The number of imidazole rings is 1. The molecule has 4 nitrogen and oxygen atoms in total. The maximum atomic E-state index is 13.2. The van der Waals surface area contributed by atoms with Crippen LogP contribution in [-0.2, 0) is 0 Å². The van der Waals surface area contributed by atoms with Gasteiger partial charge in [0.05, 0.1) is 4.47 Å². The summed E-state index contributed by atoms with van der Waals surface area (Å²) in [5.41, 5.74) is 0.555. The molecule has 3 aromatic rings. The first-order valence-corrected chi connectivity index (χ1v) is 6.84. The van der Waals surface area contributed by atoms with Crippen molar-refractivity contribution in [2.75, 3.05) is 0 Å². The highest BCUT2D eigenvalue weighted by Gasteiger charge is 2.11. The van der Waals surface area contributed by atoms with Gasteiger partial charge in [-0.05, 0) is 44.0 Å². The van der Waals surface area contributed by atoms with E-state index in [1.54, 1.807) is 29.1 Å². The minimum absolute atomic E-state index is 0.297. The molecule has 0 spiro atoms. The van der Waals surface area contributed by atoms with E-state index in [2.05, 4.69) is 41.8 Å². The van der Waals surface area contributed by atoms with E-state index in [0.717, 1.165) is 0 Å². The fourth-order valence-corrected chi connectivity index (χ4v) is 2.31. The normalized spacial score (nSPS) is 10.9. The summed E-state index contributed by atoms with van der Waals surface area (Å²) in [6.45, 7) is 0. The molecule has 0 aliphatic heterocycles. The topological polar surface area (TPSA) is 39.4 Å². The lowest BCUT2D eigenvalue weighted by molar-refractivity contribution is 0.456. The number of hydrogen-bond donors (Lipinski definition) is 0. The van der Waals surface area contributed by atoms with Gasteiger partial charge in [-0.25, -0.2) is 14.4 Å². The van der Waals surface area contributed by atoms with E-state index >= 15 is 0 Å². The fourth-order valence-electron chi connectivity index (χ4n) is 1.60. The Kier molecular flexibility index (Phi) is 3.24. The monoisotopic (exact) mass is 385 g/mol. The van der Waals surface area contributed by atoms with Gasteiger partial charge in [0.25, 0.3) is 5.88 Å². The SMILES string of the molecule is Fc1ccc(Br)c(Oc2nc(Br)cn3ccnc23)c1. The summed E-state index contributed by atoms with van der Waals surface area (Å²) in [6, 6.07) is 4.20. The standard InChI is InChI=1S/C12H6Br2FN3O/c13-8-2-1-7(15)5-9(8)19-12-11-16-3-4-18(11)6-10(14)17-12/h1-6H. The van der Waals surface area contributed by atoms with Gasteiger partial charge >= 0.3 is 0 Å². The second kappa shape index (κ2) is 4.90. The molecule has 96 valence electrons. The van der Waals surface area contributed by atoms with Crippen molar-refractivity contribution in [1.29, 1.82) is 0 Å². The predicted octanol–water partition coefficient (Wildman–Crippen LogP) is 4.19. The molecule has 2 aromatic heterocycles. The lowest BCUT2D eigenvalue weighted by Crippen LogP contribution is -1.95. The Morgan fingerprint density at radius 3 is 2.95 bits per heavy atom. The third-order valence-electron chi connectivity index (χ3n) is 2.41. The van der Waals surface area contributed by atoms with Crippen molar-refractivity contribution in [2.24, 2.45) is 0 Å². The first-order chi connectivity index (χ1) is 9.13. The largest absolute Gasteiger partial charge is 0.435 e. The number of halogens is 3. The van der Waals surface area contributed by atoms with E-state index in [-0.39, 0.29) is 5.82 Å². The van der Waals surface area contributed by atoms with Gasteiger partial charge in [-0.3, -0.25) is 4.40 Å². The Morgan fingerprint density at radius 2 is 2.11 bits per heavy atom. The van der Waals surface area contributed by atoms with Crippen LogP contribution in [0.2, 0.25) is 0 Å². The Labute approximate surface area is 124 Å². The van der Waals surface area contributed by atoms with Gasteiger partial charge in [0, 0.05) is 24.7 Å². The van der Waals surface area contributed by atoms with Crippen LogP contribution in [0.1, 0.15) is 0 Å². The molecule has 0 saturated heterocycles. The highest BCUT2D eigenvalue weighted by Crippen LogP contribution is 2.31. The minimum Gasteiger partial charge on any atom is -0.435 e. The van der Waals surface area contributed by atoms with E-state index < -0.39 is 0 Å². The van der Waals surface area contributed by atoms with E-state index in [9.17, 15) is 4.39 Å². The molecule has 0 atom stereocenters. The second-order valence-electron chi connectivity index (χ2n) is 3.70. The summed E-state index contributed by atoms with van der Waals surface area (Å²) in [7, 11) is 0. The van der Waals surface area contributed by atoms with Crippen LogP contribution in [0.3, 0.4) is 0 Å². The van der Waals surface area contributed by atoms with Crippen molar-refractivity contribution in [2.45, 2.75) is 0 Å². The van der Waals surface area contributed by atoms with Crippen LogP contribution in [0.15, 0.2) is 45.9 Å². The highest BCUT2D eigenvalue weighted by atomic mass is 79.9. The molecule has 0 aliphatic carbocycles. The quantitative estimate of drug-likeness (QED) is 0.663. The predicted molar refractivity (Wildman–Crippen MR) is 74.9 cm³/mol. The molecule has 0 aliphatic rings. The maximum Gasteiger partial charge on any atom is 0.265 e. The van der Waals surface area contributed by atoms with Crippen molar-refractivity contribution < 1.29 is 9.13 Å². The van der Waals surface area contributed by atoms with Gasteiger partial charge in [-0.2, -0.15) is 0 Å². The Bertz CT molecular complexity index is 760. The van der Waals surface area contributed by atoms with E-state index in [4.69, 9.17) is 4.74 Å². The fraction of sp³-hybridized carbons (Fsp3) is 0. The third kappa shape index (κ3) is 2.48. The first kappa shape index (κ1) is 12.6. The molecule has 0 radical (unpaired) electrons. The van der Waals surface area contributed by atoms with Gasteiger partial charge in [0.15, 0.2) is 0 Å². The number of benzene rings is 1. The summed E-state index contributed by atoms with van der Waals surface area (Å²) >= 11 is 6.59. The van der Waals surface area contributed by atoms with E-state index in [1.807, 2.05) is 0 Å². The average molecular weight is 387 g/mol. The lowest BCUT2D eigenvalue weighted by Gasteiger charge is -2.08. The van der Waals surface area contributed by atoms with E-state index in [0.29, 0.717) is 26.4 Å². The number of aromatic nitrogens is 3. The van der Waals surface area contributed by atoms with Gasteiger partial charge < -0.3 is 4.74 Å². The smallest absolute Gasteiger partial charge is 0.265 e. The molecule has 0 fully saturated rings. The zero-order valence-corrected chi connectivity index (χ0v) is 12.5. The summed E-state index contributed by atoms with van der Waals surface area (Å²) in [6.07, 6.45) is 5.17. The van der Waals surface area contributed by atoms with Gasteiger partial charge in [0.1, 0.15) is 16.2 Å². The minimum atomic E-state index is -0.382. The summed E-state index contributed by atoms with van der Waals surface area (Å²) in [5, 5.41) is 0. The second-order valence-corrected chi connectivity index (χ2v) is 5.37. The summed E-state index contributed by atoms with van der Waals surface area (Å²) < 4.78 is 21.9. The Balaban J connectivity index is 2.10. The Hall–Kier alpha value is -1.47. The van der Waals surface area contributed by atoms with Crippen LogP contribution in [0, 0.1) is 5.82 Å². The van der Waals surface area contributed by atoms with Crippen molar-refractivity contribution in [1.82, 2.24) is 14.4 Å². The molecule has 7 heteroatoms.